The van der Waals surface area contributed by atoms with Crippen LogP contribution in [0.25, 0.3) is 0 Å². The van der Waals surface area contributed by atoms with E-state index in [2.05, 4.69) is 5.43 Å². The smallest absolute Gasteiger partial charge is 0.550 e. The van der Waals surface area contributed by atoms with E-state index in [1.165, 1.54) is 0 Å². The molecule has 0 aromatic rings. The van der Waals surface area contributed by atoms with Gasteiger partial charge in [0.2, 0.25) is 0 Å². The molecule has 0 saturated heterocycles. The molecule has 0 aromatic heterocycles. The van der Waals surface area contributed by atoms with Gasteiger partial charge in [0.25, 0.3) is 0 Å². The molecule has 0 saturated carbocycles. The summed E-state index contributed by atoms with van der Waals surface area (Å²) in [7, 11) is 0. The molecule has 0 bridgehead atoms. The van der Waals surface area contributed by atoms with Crippen LogP contribution in [0, 0.1) is 0 Å². The first-order chi connectivity index (χ1) is 10.8. The molecule has 11 heteroatoms. The minimum atomic E-state index is -1.08. The van der Waals surface area contributed by atoms with Gasteiger partial charge in [0.15, 0.2) is 6.29 Å². The van der Waals surface area contributed by atoms with Crippen LogP contribution in [0.3, 0.4) is 0 Å². The van der Waals surface area contributed by atoms with Crippen LogP contribution in [0.4, 0.5) is 0 Å². The third kappa shape index (κ3) is 103. The predicted octanol–water partition coefficient (Wildman–Crippen LogP) is -3.49. The Balaban J connectivity index is -0.0000000850. The quantitative estimate of drug-likeness (QED) is 0.203. The zero-order valence-electron chi connectivity index (χ0n) is 15.9. The van der Waals surface area contributed by atoms with Crippen LogP contribution >= 0.6 is 0 Å². The fourth-order valence-electron chi connectivity index (χ4n) is 0.832. The Kier molecular flexibility index (Phi) is 35.0. The van der Waals surface area contributed by atoms with Gasteiger partial charge in [-0.15, -0.1) is 0 Å². The summed E-state index contributed by atoms with van der Waals surface area (Å²) in [5, 5.41) is 26.7. The van der Waals surface area contributed by atoms with Crippen molar-refractivity contribution in [3.8, 4) is 0 Å². The molecule has 146 valence electrons. The number of aliphatic carboxylic acids is 3. The number of ether oxygens (including phenoxy) is 2. The Morgan fingerprint density at radius 3 is 1.16 bits per heavy atom. The number of nitrogens with one attached hydrogen (secondary N) is 1. The van der Waals surface area contributed by atoms with E-state index in [0.717, 1.165) is 20.8 Å². The van der Waals surface area contributed by atoms with Crippen molar-refractivity contribution in [3.63, 3.8) is 0 Å². The fraction of sp³-hybridized carbons (Fsp3) is 0.786. The van der Waals surface area contributed by atoms with E-state index < -0.39 is 17.9 Å². The van der Waals surface area contributed by atoms with E-state index in [-0.39, 0.29) is 35.9 Å². The molecule has 0 aromatic carbocycles. The molecule has 0 aliphatic carbocycles. The van der Waals surface area contributed by atoms with Crippen molar-refractivity contribution < 1.29 is 39.2 Å². The zero-order valence-corrected chi connectivity index (χ0v) is 17.0. The maximum Gasteiger partial charge on any atom is 3.00 e. The first-order valence-corrected chi connectivity index (χ1v) is 7.03. The molecule has 0 unspecified atom stereocenters. The van der Waals surface area contributed by atoms with Crippen LogP contribution < -0.4 is 26.6 Å². The maximum atomic E-state index is 8.89. The minimum absolute atomic E-state index is 0. The Labute approximate surface area is 159 Å². The second-order valence-corrected chi connectivity index (χ2v) is 4.68. The summed E-state index contributed by atoms with van der Waals surface area (Å²) < 4.78 is 10.9. The van der Waals surface area contributed by atoms with Gasteiger partial charge >= 0.3 is 17.4 Å². The topological polar surface area (TPSA) is 177 Å². The van der Waals surface area contributed by atoms with E-state index in [0.29, 0.717) is 6.54 Å². The number of hydrogen-bond acceptors (Lipinski definition) is 10. The maximum absolute atomic E-state index is 8.89. The van der Waals surface area contributed by atoms with Crippen LogP contribution in [-0.2, 0) is 23.9 Å². The Hall–Kier alpha value is -1.22. The van der Waals surface area contributed by atoms with Crippen LogP contribution in [0.15, 0.2) is 0 Å². The van der Waals surface area contributed by atoms with Crippen LogP contribution in [0.5, 0.6) is 0 Å². The van der Waals surface area contributed by atoms with Gasteiger partial charge < -0.3 is 39.2 Å². The predicted molar refractivity (Wildman–Crippen MR) is 86.2 cm³/mol. The van der Waals surface area contributed by atoms with Gasteiger partial charge in [0.05, 0.1) is 18.8 Å². The van der Waals surface area contributed by atoms with Crippen molar-refractivity contribution in [3.05, 3.63) is 0 Å². The normalized spacial score (nSPS) is 8.76. The van der Waals surface area contributed by atoms with E-state index in [1.807, 2.05) is 27.7 Å². The van der Waals surface area contributed by atoms with Crippen molar-refractivity contribution in [2.75, 3.05) is 6.54 Å². The molecule has 3 N–H and O–H groups in total. The summed E-state index contributed by atoms with van der Waals surface area (Å²) in [5.74, 6) is 1.92. The molecule has 0 spiro atoms. The number of hydrazine groups is 1. The van der Waals surface area contributed by atoms with Crippen molar-refractivity contribution in [2.45, 2.75) is 67.0 Å². The number of nitrogens with two attached hydrogens (primary N) is 1. The fourth-order valence-corrected chi connectivity index (χ4v) is 0.832. The van der Waals surface area contributed by atoms with Crippen LogP contribution in [0.2, 0.25) is 0 Å². The number of carbonyl (C=O) groups is 3. The molecule has 0 aliphatic rings. The van der Waals surface area contributed by atoms with Gasteiger partial charge in [-0.3, -0.25) is 11.3 Å². The van der Waals surface area contributed by atoms with Crippen molar-refractivity contribution in [1.29, 1.82) is 0 Å². The summed E-state index contributed by atoms with van der Waals surface area (Å²) in [5.41, 5.74) is 2.53. The summed E-state index contributed by atoms with van der Waals surface area (Å²) in [6.07, 6.45) is 0.0548. The summed E-state index contributed by atoms with van der Waals surface area (Å²) >= 11 is 0. The summed E-state index contributed by atoms with van der Waals surface area (Å²) in [6.45, 7) is 11.3. The van der Waals surface area contributed by atoms with E-state index in [9.17, 15) is 0 Å². The zero-order chi connectivity index (χ0) is 20.3. The molecular weight excluding hydrogens is 351 g/mol. The second-order valence-electron chi connectivity index (χ2n) is 4.68. The van der Waals surface area contributed by atoms with Gasteiger partial charge in [0.1, 0.15) is 0 Å². The third-order valence-corrected chi connectivity index (χ3v) is 1.13. The van der Waals surface area contributed by atoms with E-state index in [4.69, 9.17) is 45.0 Å². The van der Waals surface area contributed by atoms with Gasteiger partial charge in [-0.25, -0.2) is 0 Å². The molecule has 0 fully saturated rings. The molecule has 0 amide bonds. The molecule has 0 rings (SSSR count). The van der Waals surface area contributed by atoms with Gasteiger partial charge in [-0.05, 0) is 48.5 Å². The largest absolute Gasteiger partial charge is 3.00 e. The molecule has 0 radical (unpaired) electrons. The van der Waals surface area contributed by atoms with E-state index >= 15 is 0 Å². The van der Waals surface area contributed by atoms with Gasteiger partial charge in [-0.2, -0.15) is 0 Å². The number of hydrogen-bond donors (Lipinski definition) is 2. The Morgan fingerprint density at radius 2 is 1.04 bits per heavy atom. The minimum Gasteiger partial charge on any atom is -0.550 e. The Bertz CT molecular complexity index is 277. The number of carboxylic acids is 3. The van der Waals surface area contributed by atoms with Crippen molar-refractivity contribution >= 4 is 35.3 Å². The standard InChI is InChI=1S/C8H20N2O2.3C2H4O2.Al/c1-6(2)11-8(5-10-9)12-7(3)4;3*1-2(3)4;/h6-8,10H,5,9H2,1-4H3;3*1H3,(H,3,4);/q;;;;+3/p-3. The van der Waals surface area contributed by atoms with Crippen LogP contribution in [0.1, 0.15) is 48.5 Å². The molecule has 0 aliphatic heterocycles. The SMILES string of the molecule is CC(=O)[O-].CC(=O)[O-].CC(=O)[O-].CC(C)OC(CNN)OC(C)C.[Al+3]. The third-order valence-electron chi connectivity index (χ3n) is 1.13. The monoisotopic (exact) mass is 380 g/mol. The molecule has 25 heavy (non-hydrogen) atoms. The average molecular weight is 380 g/mol. The molecule has 0 heterocycles. The van der Waals surface area contributed by atoms with Crippen molar-refractivity contribution in [1.82, 2.24) is 5.43 Å². The summed E-state index contributed by atoms with van der Waals surface area (Å²) in [4.78, 5) is 26.7. The summed E-state index contributed by atoms with van der Waals surface area (Å²) in [6, 6.07) is 0. The Morgan fingerprint density at radius 1 is 0.840 bits per heavy atom. The molecule has 0 atom stereocenters. The number of carboxylic acid groups (broad SMARTS) is 3. The number of carbonyl (C=O) groups excluding carboxylic acids is 3. The molecular formula is C14H29AlN2O8. The molecule has 10 nitrogen and oxygen atoms in total. The van der Waals surface area contributed by atoms with E-state index in [1.54, 1.807) is 0 Å². The first kappa shape index (κ1) is 35.0. The first-order valence-electron chi connectivity index (χ1n) is 7.03. The van der Waals surface area contributed by atoms with Crippen molar-refractivity contribution in [2.24, 2.45) is 5.84 Å². The van der Waals surface area contributed by atoms with Gasteiger partial charge in [0, 0.05) is 17.9 Å². The van der Waals surface area contributed by atoms with Crippen LogP contribution in [-0.4, -0.2) is 60.3 Å². The average Bonchev–Trinajstić information content (AvgIpc) is 2.24. The second kappa shape index (κ2) is 25.0. The van der Waals surface area contributed by atoms with Gasteiger partial charge in [-0.1, -0.05) is 0 Å². The number of rotatable bonds is 6.